The van der Waals surface area contributed by atoms with Crippen LogP contribution in [-0.4, -0.2) is 40.9 Å². The van der Waals surface area contributed by atoms with Crippen LogP contribution >= 0.6 is 11.6 Å². The van der Waals surface area contributed by atoms with Crippen molar-refractivity contribution in [1.82, 2.24) is 4.90 Å². The summed E-state index contributed by atoms with van der Waals surface area (Å²) < 4.78 is 6.02. The van der Waals surface area contributed by atoms with E-state index in [1.807, 2.05) is 24.3 Å². The fraction of sp³-hybridized carbons (Fsp3) is 0.529. The van der Waals surface area contributed by atoms with Gasteiger partial charge < -0.3 is 19.8 Å². The van der Waals surface area contributed by atoms with Crippen molar-refractivity contribution in [1.29, 1.82) is 5.26 Å². The van der Waals surface area contributed by atoms with Gasteiger partial charge in [0.2, 0.25) is 0 Å². The summed E-state index contributed by atoms with van der Waals surface area (Å²) in [6.45, 7) is 3.87. The van der Waals surface area contributed by atoms with Crippen LogP contribution in [0.5, 0.6) is 0 Å². The first-order chi connectivity index (χ1) is 11.5. The molecule has 1 aromatic rings. The van der Waals surface area contributed by atoms with Gasteiger partial charge in [-0.1, -0.05) is 30.7 Å². The van der Waals surface area contributed by atoms with Crippen molar-refractivity contribution < 1.29 is 19.7 Å². The zero-order chi connectivity index (χ0) is 17.9. The summed E-state index contributed by atoms with van der Waals surface area (Å²) in [5.74, 6) is 0.180. The number of carbonyl (C=O) groups is 1. The molecule has 6 nitrogen and oxygen atoms in total. The Morgan fingerprint density at radius 1 is 1.58 bits per heavy atom. The Hall–Kier alpha value is -1.97. The normalized spacial score (nSPS) is 18.0. The van der Waals surface area contributed by atoms with Gasteiger partial charge in [0.1, 0.15) is 0 Å². The van der Waals surface area contributed by atoms with Crippen molar-refractivity contribution in [3.63, 3.8) is 0 Å². The highest BCUT2D eigenvalue weighted by Gasteiger charge is 2.31. The zero-order valence-corrected chi connectivity index (χ0v) is 14.4. The number of ether oxygens (including phenoxy) is 1. The Morgan fingerprint density at radius 3 is 2.88 bits per heavy atom. The number of nitriles is 1. The molecule has 1 aliphatic heterocycles. The minimum absolute atomic E-state index is 0.0919. The quantitative estimate of drug-likeness (QED) is 0.778. The smallest absolute Gasteiger partial charge is 0.407 e. The molecule has 1 amide bonds. The number of halogens is 1. The first-order valence-corrected chi connectivity index (χ1v) is 8.29. The summed E-state index contributed by atoms with van der Waals surface area (Å²) in [6, 6.07) is 7.68. The predicted octanol–water partition coefficient (Wildman–Crippen LogP) is 4.04. The van der Waals surface area contributed by atoms with E-state index in [-0.39, 0.29) is 12.0 Å². The molecule has 24 heavy (non-hydrogen) atoms. The van der Waals surface area contributed by atoms with Crippen LogP contribution in [0.4, 0.5) is 4.79 Å². The summed E-state index contributed by atoms with van der Waals surface area (Å²) in [7, 11) is 0. The van der Waals surface area contributed by atoms with Gasteiger partial charge in [-0.2, -0.15) is 5.26 Å². The van der Waals surface area contributed by atoms with E-state index in [1.165, 1.54) is 4.90 Å². The fourth-order valence-corrected chi connectivity index (χ4v) is 3.06. The number of carboxylic acid groups (broad SMARTS) is 1. The number of aliphatic hydroxyl groups is 1. The van der Waals surface area contributed by atoms with Crippen molar-refractivity contribution in [2.45, 2.75) is 32.3 Å². The molecule has 7 heteroatoms. The lowest BCUT2D eigenvalue weighted by Crippen LogP contribution is -2.41. The monoisotopic (exact) mass is 354 g/mol. The molecule has 1 unspecified atom stereocenters. The Bertz CT molecular complexity index is 562. The van der Waals surface area contributed by atoms with Crippen LogP contribution in [0.2, 0.25) is 5.02 Å². The highest BCUT2D eigenvalue weighted by molar-refractivity contribution is 6.30. The lowest BCUT2D eigenvalue weighted by molar-refractivity contribution is -0.0130. The van der Waals surface area contributed by atoms with E-state index in [4.69, 9.17) is 26.7 Å². The van der Waals surface area contributed by atoms with Crippen molar-refractivity contribution in [3.05, 3.63) is 34.9 Å². The molecule has 0 aromatic heterocycles. The molecule has 1 saturated heterocycles. The molecule has 1 aliphatic rings. The highest BCUT2D eigenvalue weighted by Crippen LogP contribution is 2.34. The van der Waals surface area contributed by atoms with Crippen LogP contribution in [-0.2, 0) is 4.74 Å². The number of amides is 1. The summed E-state index contributed by atoms with van der Waals surface area (Å²) in [6.07, 6.45) is 2.60. The summed E-state index contributed by atoms with van der Waals surface area (Å²) >= 11 is 6.08. The van der Waals surface area contributed by atoms with Crippen LogP contribution in [0.15, 0.2) is 24.3 Å². The predicted molar refractivity (Wildman–Crippen MR) is 90.3 cm³/mol. The topological polar surface area (TPSA) is 93.8 Å². The third kappa shape index (κ3) is 6.26. The molecule has 0 radical (unpaired) electrons. The molecule has 0 aliphatic carbocycles. The largest absolute Gasteiger partial charge is 0.465 e. The third-order valence-corrected chi connectivity index (χ3v) is 4.07. The Balaban J connectivity index is 0.000000891. The second-order valence-corrected chi connectivity index (χ2v) is 6.01. The van der Waals surface area contributed by atoms with E-state index in [0.717, 1.165) is 31.1 Å². The second kappa shape index (κ2) is 10.7. The molecule has 0 saturated carbocycles. The van der Waals surface area contributed by atoms with Crippen molar-refractivity contribution in [2.24, 2.45) is 5.92 Å². The van der Waals surface area contributed by atoms with Crippen LogP contribution in [0, 0.1) is 17.4 Å². The maximum atomic E-state index is 11.2. The third-order valence-electron chi connectivity index (χ3n) is 3.84. The number of aliphatic hydroxyl groups excluding tert-OH is 1. The Labute approximate surface area is 147 Å². The van der Waals surface area contributed by atoms with Gasteiger partial charge in [0.15, 0.2) is 0 Å². The number of hydrogen-bond donors (Lipinski definition) is 2. The molecule has 132 valence electrons. The molecule has 1 aromatic carbocycles. The average molecular weight is 355 g/mol. The standard InChI is InChI=1S/C16H22ClNO3.CHNO/c1-2-9-21-15(12-5-3-7-14(17)10-12)13-6-4-8-18(11-13)16(19)20;2-1-3/h3,5,7,10,13,15H,2,4,6,8-9,11H2,1H3,(H,19,20);3H/t13?,15-;/m0./s1. The number of nitrogens with zero attached hydrogens (tertiary/aromatic N) is 2. The minimum atomic E-state index is -0.847. The van der Waals surface area contributed by atoms with Gasteiger partial charge >= 0.3 is 6.09 Å². The van der Waals surface area contributed by atoms with Crippen LogP contribution in [0.1, 0.15) is 37.9 Å². The van der Waals surface area contributed by atoms with Gasteiger partial charge in [-0.25, -0.2) is 4.79 Å². The number of piperidine rings is 1. The minimum Gasteiger partial charge on any atom is -0.465 e. The molecule has 2 atom stereocenters. The van der Waals surface area contributed by atoms with Gasteiger partial charge in [0.05, 0.1) is 6.10 Å². The van der Waals surface area contributed by atoms with Gasteiger partial charge in [-0.05, 0) is 37.0 Å². The first kappa shape index (κ1) is 20.1. The van der Waals surface area contributed by atoms with Crippen molar-refractivity contribution >= 4 is 17.7 Å². The summed E-state index contributed by atoms with van der Waals surface area (Å²) in [5, 5.41) is 23.6. The molecule has 0 spiro atoms. The zero-order valence-electron chi connectivity index (χ0n) is 13.7. The summed E-state index contributed by atoms with van der Waals surface area (Å²) in [4.78, 5) is 12.7. The maximum Gasteiger partial charge on any atom is 0.407 e. The van der Waals surface area contributed by atoms with Crippen LogP contribution in [0.25, 0.3) is 0 Å². The molecule has 1 heterocycles. The number of benzene rings is 1. The molecular weight excluding hydrogens is 332 g/mol. The fourth-order valence-electron chi connectivity index (χ4n) is 2.86. The highest BCUT2D eigenvalue weighted by atomic mass is 35.5. The Kier molecular flexibility index (Phi) is 8.98. The summed E-state index contributed by atoms with van der Waals surface area (Å²) in [5.41, 5.74) is 1.04. The van der Waals surface area contributed by atoms with Gasteiger partial charge in [-0.3, -0.25) is 0 Å². The van der Waals surface area contributed by atoms with E-state index in [2.05, 4.69) is 6.92 Å². The van der Waals surface area contributed by atoms with E-state index < -0.39 is 6.09 Å². The van der Waals surface area contributed by atoms with Crippen LogP contribution < -0.4 is 0 Å². The first-order valence-electron chi connectivity index (χ1n) is 7.91. The molecule has 1 fully saturated rings. The number of hydrogen-bond acceptors (Lipinski definition) is 4. The van der Waals surface area contributed by atoms with Crippen molar-refractivity contribution in [3.8, 4) is 6.26 Å². The second-order valence-electron chi connectivity index (χ2n) is 5.58. The van der Waals surface area contributed by atoms with Gasteiger partial charge in [0, 0.05) is 30.6 Å². The number of likely N-dealkylation sites (tertiary alicyclic amines) is 1. The van der Waals surface area contributed by atoms with E-state index in [1.54, 1.807) is 0 Å². The Morgan fingerprint density at radius 2 is 2.29 bits per heavy atom. The van der Waals surface area contributed by atoms with Crippen LogP contribution in [0.3, 0.4) is 0 Å². The SMILES string of the molecule is CCCO[C@@H](c1cccc(Cl)c1)C1CCCN(C(=O)O)C1.N#CO. The molecule has 2 rings (SSSR count). The van der Waals surface area contributed by atoms with Gasteiger partial charge in [-0.15, -0.1) is 0 Å². The maximum absolute atomic E-state index is 11.2. The molecule has 2 N–H and O–H groups in total. The van der Waals surface area contributed by atoms with E-state index in [9.17, 15) is 9.90 Å². The van der Waals surface area contributed by atoms with E-state index >= 15 is 0 Å². The number of rotatable bonds is 5. The average Bonchev–Trinajstić information content (AvgIpc) is 2.56. The lowest BCUT2D eigenvalue weighted by atomic mass is 9.88. The van der Waals surface area contributed by atoms with E-state index in [0.29, 0.717) is 24.7 Å². The van der Waals surface area contributed by atoms with Gasteiger partial charge in [0.25, 0.3) is 6.26 Å². The lowest BCUT2D eigenvalue weighted by Gasteiger charge is -2.35. The van der Waals surface area contributed by atoms with Crippen molar-refractivity contribution in [2.75, 3.05) is 19.7 Å². The molecular formula is C17H23ClN2O4. The molecule has 0 bridgehead atoms.